The summed E-state index contributed by atoms with van der Waals surface area (Å²) in [4.78, 5) is 47.8. The molecule has 0 spiro atoms. The SMILES string of the molecule is CCC(CC)NC(=O)COC(=O)Cn1[nH]c(=O)c2ccccc2c1=O. The predicted octanol–water partition coefficient (Wildman–Crippen LogP) is 0.538. The number of esters is 1. The lowest BCUT2D eigenvalue weighted by molar-refractivity contribution is -0.149. The molecular weight excluding hydrogens is 326 g/mol. The summed E-state index contributed by atoms with van der Waals surface area (Å²) in [5, 5.41) is 5.54. The van der Waals surface area contributed by atoms with Crippen molar-refractivity contribution in [2.75, 3.05) is 6.61 Å². The van der Waals surface area contributed by atoms with Crippen molar-refractivity contribution in [3.05, 3.63) is 45.0 Å². The molecular formula is C17H21N3O5. The zero-order chi connectivity index (χ0) is 18.4. The first-order chi connectivity index (χ1) is 12.0. The topological polar surface area (TPSA) is 110 Å². The Kier molecular flexibility index (Phi) is 6.10. The van der Waals surface area contributed by atoms with Gasteiger partial charge in [-0.1, -0.05) is 26.0 Å². The average molecular weight is 347 g/mol. The van der Waals surface area contributed by atoms with Gasteiger partial charge in [0.1, 0.15) is 6.54 Å². The van der Waals surface area contributed by atoms with Crippen molar-refractivity contribution in [3.63, 3.8) is 0 Å². The van der Waals surface area contributed by atoms with E-state index in [1.54, 1.807) is 12.1 Å². The summed E-state index contributed by atoms with van der Waals surface area (Å²) in [5.41, 5.74) is -0.983. The highest BCUT2D eigenvalue weighted by Gasteiger charge is 2.14. The summed E-state index contributed by atoms with van der Waals surface area (Å²) < 4.78 is 5.75. The molecule has 0 aliphatic carbocycles. The van der Waals surface area contributed by atoms with E-state index in [1.165, 1.54) is 12.1 Å². The van der Waals surface area contributed by atoms with E-state index < -0.39 is 36.1 Å². The van der Waals surface area contributed by atoms with Gasteiger partial charge in [0.05, 0.1) is 10.8 Å². The van der Waals surface area contributed by atoms with Gasteiger partial charge in [-0.05, 0) is 25.0 Å². The molecule has 0 aliphatic heterocycles. The molecule has 1 heterocycles. The second-order valence-electron chi connectivity index (χ2n) is 5.62. The normalized spacial score (nSPS) is 10.8. The molecule has 2 aromatic rings. The molecule has 25 heavy (non-hydrogen) atoms. The van der Waals surface area contributed by atoms with Crippen LogP contribution in [0.15, 0.2) is 33.9 Å². The van der Waals surface area contributed by atoms with E-state index in [9.17, 15) is 19.2 Å². The number of fused-ring (bicyclic) bond motifs is 1. The maximum atomic E-state index is 12.3. The van der Waals surface area contributed by atoms with Crippen molar-refractivity contribution >= 4 is 22.6 Å². The Bertz CT molecular complexity index is 880. The molecule has 0 radical (unpaired) electrons. The molecule has 8 nitrogen and oxygen atoms in total. The minimum absolute atomic E-state index is 0.0330. The average Bonchev–Trinajstić information content (AvgIpc) is 2.62. The summed E-state index contributed by atoms with van der Waals surface area (Å²) in [5.74, 6) is -1.19. The van der Waals surface area contributed by atoms with Crippen molar-refractivity contribution < 1.29 is 14.3 Å². The Labute approximate surface area is 143 Å². The Morgan fingerprint density at radius 1 is 1.16 bits per heavy atom. The maximum absolute atomic E-state index is 12.3. The van der Waals surface area contributed by atoms with Gasteiger partial charge in [-0.3, -0.25) is 24.3 Å². The predicted molar refractivity (Wildman–Crippen MR) is 92.3 cm³/mol. The second kappa shape index (κ2) is 8.27. The number of hydrogen-bond acceptors (Lipinski definition) is 5. The highest BCUT2D eigenvalue weighted by molar-refractivity contribution is 5.82. The number of benzene rings is 1. The van der Waals surface area contributed by atoms with Crippen molar-refractivity contribution in [1.29, 1.82) is 0 Å². The van der Waals surface area contributed by atoms with Crippen LogP contribution in [0, 0.1) is 0 Å². The minimum atomic E-state index is -0.785. The van der Waals surface area contributed by atoms with Crippen LogP contribution in [-0.2, 0) is 20.9 Å². The first-order valence-electron chi connectivity index (χ1n) is 8.13. The molecule has 0 saturated heterocycles. The fraction of sp³-hybridized carbons (Fsp3) is 0.412. The van der Waals surface area contributed by atoms with Crippen molar-refractivity contribution in [3.8, 4) is 0 Å². The van der Waals surface area contributed by atoms with Gasteiger partial charge in [0.25, 0.3) is 17.0 Å². The van der Waals surface area contributed by atoms with Crippen LogP contribution in [0.1, 0.15) is 26.7 Å². The van der Waals surface area contributed by atoms with Gasteiger partial charge < -0.3 is 10.1 Å². The van der Waals surface area contributed by atoms with Gasteiger partial charge in [0, 0.05) is 6.04 Å². The zero-order valence-corrected chi connectivity index (χ0v) is 14.2. The van der Waals surface area contributed by atoms with Crippen LogP contribution < -0.4 is 16.4 Å². The number of aromatic amines is 1. The van der Waals surface area contributed by atoms with Gasteiger partial charge in [0.2, 0.25) is 0 Å². The highest BCUT2D eigenvalue weighted by Crippen LogP contribution is 2.02. The van der Waals surface area contributed by atoms with Crippen LogP contribution in [0.4, 0.5) is 0 Å². The quantitative estimate of drug-likeness (QED) is 0.710. The molecule has 1 amide bonds. The molecule has 0 bridgehead atoms. The molecule has 0 fully saturated rings. The number of nitrogens with one attached hydrogen (secondary N) is 2. The molecule has 0 saturated carbocycles. The molecule has 0 atom stereocenters. The second-order valence-corrected chi connectivity index (χ2v) is 5.62. The standard InChI is InChI=1S/C17H21N3O5/c1-3-11(4-2)18-14(21)10-25-15(22)9-20-17(24)13-8-6-5-7-12(13)16(23)19-20/h5-8,11H,3-4,9-10H2,1-2H3,(H,18,21)(H,19,23). The van der Waals surface area contributed by atoms with E-state index in [-0.39, 0.29) is 16.8 Å². The zero-order valence-electron chi connectivity index (χ0n) is 14.2. The fourth-order valence-corrected chi connectivity index (χ4v) is 2.44. The molecule has 134 valence electrons. The number of rotatable bonds is 7. The van der Waals surface area contributed by atoms with Gasteiger partial charge in [-0.25, -0.2) is 4.68 Å². The van der Waals surface area contributed by atoms with Gasteiger partial charge in [-0.2, -0.15) is 0 Å². The Morgan fingerprint density at radius 3 is 2.44 bits per heavy atom. The smallest absolute Gasteiger partial charge is 0.328 e. The summed E-state index contributed by atoms with van der Waals surface area (Å²) in [6.45, 7) is 2.99. The third-order valence-corrected chi connectivity index (χ3v) is 3.89. The Morgan fingerprint density at radius 2 is 1.80 bits per heavy atom. The lowest BCUT2D eigenvalue weighted by atomic mass is 10.2. The van der Waals surface area contributed by atoms with E-state index in [0.717, 1.165) is 17.5 Å². The van der Waals surface area contributed by atoms with Crippen LogP contribution in [0.5, 0.6) is 0 Å². The summed E-state index contributed by atoms with van der Waals surface area (Å²) >= 11 is 0. The number of carbonyl (C=O) groups excluding carboxylic acids is 2. The lowest BCUT2D eigenvalue weighted by Gasteiger charge is -2.14. The number of ether oxygens (including phenoxy) is 1. The third kappa shape index (κ3) is 4.56. The number of aromatic nitrogens is 2. The first-order valence-corrected chi connectivity index (χ1v) is 8.13. The van der Waals surface area contributed by atoms with Crippen LogP contribution in [0.3, 0.4) is 0 Å². The summed E-state index contributed by atoms with van der Waals surface area (Å²) in [6, 6.07) is 6.35. The van der Waals surface area contributed by atoms with Crippen molar-refractivity contribution in [2.45, 2.75) is 39.3 Å². The van der Waals surface area contributed by atoms with Gasteiger partial charge in [-0.15, -0.1) is 0 Å². The highest BCUT2D eigenvalue weighted by atomic mass is 16.5. The minimum Gasteiger partial charge on any atom is -0.454 e. The first kappa shape index (κ1) is 18.4. The molecule has 1 aromatic carbocycles. The van der Waals surface area contributed by atoms with Crippen LogP contribution in [-0.4, -0.2) is 34.3 Å². The molecule has 2 N–H and O–H groups in total. The number of amides is 1. The lowest BCUT2D eigenvalue weighted by Crippen LogP contribution is -2.38. The summed E-state index contributed by atoms with van der Waals surface area (Å²) in [6.07, 6.45) is 1.56. The van der Waals surface area contributed by atoms with Crippen molar-refractivity contribution in [2.24, 2.45) is 0 Å². The van der Waals surface area contributed by atoms with Crippen LogP contribution in [0.2, 0.25) is 0 Å². The van der Waals surface area contributed by atoms with E-state index in [4.69, 9.17) is 4.74 Å². The number of hydrogen-bond donors (Lipinski definition) is 2. The maximum Gasteiger partial charge on any atom is 0.328 e. The van der Waals surface area contributed by atoms with Gasteiger partial charge in [0.15, 0.2) is 6.61 Å². The molecule has 0 unspecified atom stereocenters. The largest absolute Gasteiger partial charge is 0.454 e. The Hall–Kier alpha value is -2.90. The Balaban J connectivity index is 2.03. The summed E-state index contributed by atoms with van der Waals surface area (Å²) in [7, 11) is 0. The monoisotopic (exact) mass is 347 g/mol. The van der Waals surface area contributed by atoms with Crippen molar-refractivity contribution in [1.82, 2.24) is 15.1 Å². The third-order valence-electron chi connectivity index (χ3n) is 3.89. The molecule has 0 aliphatic rings. The van der Waals surface area contributed by atoms with E-state index in [0.29, 0.717) is 0 Å². The van der Waals surface area contributed by atoms with E-state index in [2.05, 4.69) is 10.4 Å². The van der Waals surface area contributed by atoms with Gasteiger partial charge >= 0.3 is 5.97 Å². The van der Waals surface area contributed by atoms with Crippen LogP contribution >= 0.6 is 0 Å². The molecule has 8 heteroatoms. The number of carbonyl (C=O) groups is 2. The number of H-pyrrole nitrogens is 1. The van der Waals surface area contributed by atoms with E-state index >= 15 is 0 Å². The van der Waals surface area contributed by atoms with E-state index in [1.807, 2.05) is 13.8 Å². The number of nitrogens with zero attached hydrogens (tertiary/aromatic N) is 1. The van der Waals surface area contributed by atoms with Crippen LogP contribution in [0.25, 0.3) is 10.8 Å². The molecule has 1 aromatic heterocycles. The fourth-order valence-electron chi connectivity index (χ4n) is 2.44. The molecule has 2 rings (SSSR count).